The van der Waals surface area contributed by atoms with Crippen LogP contribution in [-0.4, -0.2) is 19.1 Å². The summed E-state index contributed by atoms with van der Waals surface area (Å²) >= 11 is 0. The number of ether oxygens (including phenoxy) is 1. The zero-order chi connectivity index (χ0) is 14.8. The molecule has 1 aromatic carbocycles. The van der Waals surface area contributed by atoms with Gasteiger partial charge in [0.15, 0.2) is 0 Å². The topological polar surface area (TPSA) is 64.4 Å². The molecule has 0 fully saturated rings. The number of amides is 1. The second-order valence-corrected chi connectivity index (χ2v) is 4.36. The van der Waals surface area contributed by atoms with Crippen molar-refractivity contribution in [3.05, 3.63) is 29.8 Å². The molecule has 0 bridgehead atoms. The van der Waals surface area contributed by atoms with Gasteiger partial charge in [0.2, 0.25) is 5.91 Å². The van der Waals surface area contributed by atoms with Crippen molar-refractivity contribution >= 4 is 5.91 Å². The first kappa shape index (κ1) is 16.4. The molecule has 1 amide bonds. The number of rotatable bonds is 9. The van der Waals surface area contributed by atoms with Crippen LogP contribution in [0.2, 0.25) is 0 Å². The van der Waals surface area contributed by atoms with Crippen LogP contribution in [0.4, 0.5) is 8.78 Å². The van der Waals surface area contributed by atoms with Gasteiger partial charge in [-0.1, -0.05) is 24.6 Å². The smallest absolute Gasteiger partial charge is 0.387 e. The molecule has 0 aliphatic rings. The van der Waals surface area contributed by atoms with Crippen molar-refractivity contribution in [1.82, 2.24) is 5.32 Å². The van der Waals surface area contributed by atoms with Crippen LogP contribution in [0.1, 0.15) is 31.2 Å². The molecule has 0 aliphatic heterocycles. The SMILES string of the molecule is NCCCCCC(=O)NCc1ccccc1OC(F)F. The van der Waals surface area contributed by atoms with Crippen LogP contribution in [-0.2, 0) is 11.3 Å². The molecule has 4 nitrogen and oxygen atoms in total. The highest BCUT2D eigenvalue weighted by molar-refractivity contribution is 5.75. The molecule has 1 aromatic rings. The van der Waals surface area contributed by atoms with Gasteiger partial charge >= 0.3 is 6.61 Å². The third-order valence-corrected chi connectivity index (χ3v) is 2.77. The van der Waals surface area contributed by atoms with E-state index < -0.39 is 6.61 Å². The molecule has 6 heteroatoms. The van der Waals surface area contributed by atoms with E-state index in [1.807, 2.05) is 0 Å². The molecule has 0 atom stereocenters. The highest BCUT2D eigenvalue weighted by Gasteiger charge is 2.09. The first-order chi connectivity index (χ1) is 9.63. The van der Waals surface area contributed by atoms with Gasteiger partial charge in [0.25, 0.3) is 0 Å². The Morgan fingerprint density at radius 3 is 2.70 bits per heavy atom. The Balaban J connectivity index is 2.39. The Morgan fingerprint density at radius 2 is 2.00 bits per heavy atom. The van der Waals surface area contributed by atoms with Crippen LogP contribution < -0.4 is 15.8 Å². The first-order valence-electron chi connectivity index (χ1n) is 6.63. The van der Waals surface area contributed by atoms with Crippen LogP contribution in [0.5, 0.6) is 5.75 Å². The van der Waals surface area contributed by atoms with Gasteiger partial charge in [0, 0.05) is 18.5 Å². The van der Waals surface area contributed by atoms with Crippen molar-refractivity contribution < 1.29 is 18.3 Å². The molecular formula is C14H20F2N2O2. The van der Waals surface area contributed by atoms with Gasteiger partial charge in [-0.05, 0) is 25.5 Å². The summed E-state index contributed by atoms with van der Waals surface area (Å²) < 4.78 is 28.8. The first-order valence-corrected chi connectivity index (χ1v) is 6.63. The lowest BCUT2D eigenvalue weighted by atomic mass is 10.1. The fourth-order valence-corrected chi connectivity index (χ4v) is 1.75. The Kier molecular flexibility index (Phi) is 7.57. The molecule has 20 heavy (non-hydrogen) atoms. The van der Waals surface area contributed by atoms with Crippen molar-refractivity contribution in [2.24, 2.45) is 5.73 Å². The van der Waals surface area contributed by atoms with Crippen LogP contribution in [0.3, 0.4) is 0 Å². The minimum absolute atomic E-state index is 0.0888. The normalized spacial score (nSPS) is 10.6. The lowest BCUT2D eigenvalue weighted by molar-refractivity contribution is -0.121. The molecule has 0 aliphatic carbocycles. The number of halogens is 2. The van der Waals surface area contributed by atoms with E-state index in [1.165, 1.54) is 6.07 Å². The van der Waals surface area contributed by atoms with Gasteiger partial charge in [-0.3, -0.25) is 4.79 Å². The fraction of sp³-hybridized carbons (Fsp3) is 0.500. The second kappa shape index (κ2) is 9.25. The van der Waals surface area contributed by atoms with E-state index in [-0.39, 0.29) is 18.2 Å². The molecule has 0 radical (unpaired) electrons. The Morgan fingerprint density at radius 1 is 1.25 bits per heavy atom. The van der Waals surface area contributed by atoms with Crippen molar-refractivity contribution in [2.45, 2.75) is 38.8 Å². The van der Waals surface area contributed by atoms with E-state index in [0.717, 1.165) is 19.3 Å². The molecule has 0 spiro atoms. The van der Waals surface area contributed by atoms with Crippen molar-refractivity contribution in [3.63, 3.8) is 0 Å². The van der Waals surface area contributed by atoms with Crippen LogP contribution in [0, 0.1) is 0 Å². The highest BCUT2D eigenvalue weighted by atomic mass is 19.3. The predicted molar refractivity (Wildman–Crippen MR) is 72.4 cm³/mol. The minimum atomic E-state index is -2.87. The number of hydrogen-bond donors (Lipinski definition) is 2. The third kappa shape index (κ3) is 6.47. The highest BCUT2D eigenvalue weighted by Crippen LogP contribution is 2.19. The monoisotopic (exact) mass is 286 g/mol. The Bertz CT molecular complexity index is 414. The van der Waals surface area contributed by atoms with Gasteiger partial charge < -0.3 is 15.8 Å². The van der Waals surface area contributed by atoms with Gasteiger partial charge in [0.05, 0.1) is 0 Å². The van der Waals surface area contributed by atoms with E-state index >= 15 is 0 Å². The predicted octanol–water partition coefficient (Wildman–Crippen LogP) is 2.42. The molecular weight excluding hydrogens is 266 g/mol. The Hall–Kier alpha value is -1.69. The van der Waals surface area contributed by atoms with Crippen LogP contribution >= 0.6 is 0 Å². The lowest BCUT2D eigenvalue weighted by Crippen LogP contribution is -2.23. The maximum atomic E-state index is 12.2. The summed E-state index contributed by atoms with van der Waals surface area (Å²) in [6, 6.07) is 6.41. The van der Waals surface area contributed by atoms with Crippen molar-refractivity contribution in [1.29, 1.82) is 0 Å². The molecule has 1 rings (SSSR count). The number of carbonyl (C=O) groups excluding carboxylic acids is 1. The quantitative estimate of drug-likeness (QED) is 0.685. The second-order valence-electron chi connectivity index (χ2n) is 4.36. The summed E-state index contributed by atoms with van der Waals surface area (Å²) in [7, 11) is 0. The fourth-order valence-electron chi connectivity index (χ4n) is 1.75. The number of nitrogens with two attached hydrogens (primary N) is 1. The summed E-state index contributed by atoms with van der Waals surface area (Å²) in [6.45, 7) is -2.07. The van der Waals surface area contributed by atoms with Gasteiger partial charge in [-0.15, -0.1) is 0 Å². The number of benzene rings is 1. The average molecular weight is 286 g/mol. The van der Waals surface area contributed by atoms with Crippen molar-refractivity contribution in [3.8, 4) is 5.75 Å². The molecule has 0 aromatic heterocycles. The number of carbonyl (C=O) groups is 1. The van der Waals surface area contributed by atoms with E-state index in [4.69, 9.17) is 5.73 Å². The molecule has 112 valence electrons. The van der Waals surface area contributed by atoms with E-state index in [1.54, 1.807) is 18.2 Å². The maximum Gasteiger partial charge on any atom is 0.387 e. The summed E-state index contributed by atoms with van der Waals surface area (Å²) in [6.07, 6.45) is 3.00. The van der Waals surface area contributed by atoms with Gasteiger partial charge in [-0.25, -0.2) is 0 Å². The number of unbranched alkanes of at least 4 members (excludes halogenated alkanes) is 2. The van der Waals surface area contributed by atoms with Crippen molar-refractivity contribution in [2.75, 3.05) is 6.54 Å². The Labute approximate surface area is 117 Å². The summed E-state index contributed by atoms with van der Waals surface area (Å²) in [5, 5.41) is 2.69. The molecule has 3 N–H and O–H groups in total. The molecule has 0 unspecified atom stereocenters. The minimum Gasteiger partial charge on any atom is -0.434 e. The molecule has 0 saturated carbocycles. The zero-order valence-corrected chi connectivity index (χ0v) is 11.3. The number of hydrogen-bond acceptors (Lipinski definition) is 3. The maximum absolute atomic E-state index is 12.2. The van der Waals surface area contributed by atoms with E-state index in [2.05, 4.69) is 10.1 Å². The molecule has 0 saturated heterocycles. The lowest BCUT2D eigenvalue weighted by Gasteiger charge is -2.11. The average Bonchev–Trinajstić information content (AvgIpc) is 2.42. The van der Waals surface area contributed by atoms with E-state index in [0.29, 0.717) is 18.5 Å². The standard InChI is InChI=1S/C14H20F2N2O2/c15-14(16)20-12-7-4-3-6-11(12)10-18-13(19)8-2-1-5-9-17/h3-4,6-7,14H,1-2,5,8-10,17H2,(H,18,19). The largest absolute Gasteiger partial charge is 0.434 e. The number of nitrogens with one attached hydrogen (secondary N) is 1. The van der Waals surface area contributed by atoms with Crippen LogP contribution in [0.15, 0.2) is 24.3 Å². The number of para-hydroxylation sites is 1. The molecule has 0 heterocycles. The summed E-state index contributed by atoms with van der Waals surface area (Å²) in [4.78, 5) is 11.6. The van der Waals surface area contributed by atoms with Gasteiger partial charge in [0.1, 0.15) is 5.75 Å². The zero-order valence-electron chi connectivity index (χ0n) is 11.3. The summed E-state index contributed by atoms with van der Waals surface area (Å²) in [5.74, 6) is -0.0141. The summed E-state index contributed by atoms with van der Waals surface area (Å²) in [5.41, 5.74) is 5.89. The number of alkyl halides is 2. The van der Waals surface area contributed by atoms with Crippen LogP contribution in [0.25, 0.3) is 0 Å². The third-order valence-electron chi connectivity index (χ3n) is 2.77. The van der Waals surface area contributed by atoms with Gasteiger partial charge in [-0.2, -0.15) is 8.78 Å². The van der Waals surface area contributed by atoms with E-state index in [9.17, 15) is 13.6 Å².